The summed E-state index contributed by atoms with van der Waals surface area (Å²) in [5.74, 6) is 0.250. The van der Waals surface area contributed by atoms with Crippen LogP contribution >= 0.6 is 0 Å². The van der Waals surface area contributed by atoms with Crippen LogP contribution in [-0.2, 0) is 6.54 Å². The maximum atomic E-state index is 12.2. The molecule has 1 aromatic heterocycles. The summed E-state index contributed by atoms with van der Waals surface area (Å²) in [5, 5.41) is 10.8. The quantitative estimate of drug-likeness (QED) is 0.869. The third kappa shape index (κ3) is 3.01. The minimum atomic E-state index is -4.25. The van der Waals surface area contributed by atoms with Gasteiger partial charge in [0.15, 0.2) is 5.82 Å². The zero-order chi connectivity index (χ0) is 14.0. The van der Waals surface area contributed by atoms with Gasteiger partial charge < -0.3 is 5.73 Å². The van der Waals surface area contributed by atoms with Gasteiger partial charge in [-0.25, -0.2) is 4.68 Å². The molecule has 5 nitrogen and oxygen atoms in total. The summed E-state index contributed by atoms with van der Waals surface area (Å²) in [5.41, 5.74) is 7.64. The average Bonchev–Trinajstić information content (AvgIpc) is 2.73. The summed E-state index contributed by atoms with van der Waals surface area (Å²) in [6, 6.07) is 5.22. The average molecular weight is 271 g/mol. The van der Waals surface area contributed by atoms with Crippen molar-refractivity contribution in [3.8, 4) is 11.4 Å². The van der Waals surface area contributed by atoms with Crippen LogP contribution < -0.4 is 5.73 Å². The van der Waals surface area contributed by atoms with E-state index in [1.54, 1.807) is 25.1 Å². The highest BCUT2D eigenvalue weighted by Crippen LogP contribution is 2.28. The molecule has 2 rings (SSSR count). The zero-order valence-corrected chi connectivity index (χ0v) is 10.1. The molecule has 2 N–H and O–H groups in total. The first-order chi connectivity index (χ1) is 8.88. The summed E-state index contributed by atoms with van der Waals surface area (Å²) in [4.78, 5) is 0. The van der Waals surface area contributed by atoms with Crippen LogP contribution in [0.4, 0.5) is 18.9 Å². The second-order valence-corrected chi connectivity index (χ2v) is 4.13. The molecule has 0 spiro atoms. The van der Waals surface area contributed by atoms with Gasteiger partial charge in [0.05, 0.1) is 13.0 Å². The first kappa shape index (κ1) is 13.3. The van der Waals surface area contributed by atoms with Crippen molar-refractivity contribution >= 4 is 5.69 Å². The maximum Gasteiger partial charge on any atom is 0.390 e. The summed E-state index contributed by atoms with van der Waals surface area (Å²) in [7, 11) is 0. The largest absolute Gasteiger partial charge is 0.398 e. The molecule has 1 aromatic carbocycles. The maximum absolute atomic E-state index is 12.2. The number of halogens is 3. The minimum Gasteiger partial charge on any atom is -0.398 e. The molecule has 2 aromatic rings. The summed E-state index contributed by atoms with van der Waals surface area (Å²) in [6.45, 7) is 1.47. The SMILES string of the molecule is Cc1cccc(N)c1-c1nnnn1CCC(F)(F)F. The number of nitrogens with zero attached hydrogens (tertiary/aromatic N) is 4. The number of rotatable bonds is 3. The van der Waals surface area contributed by atoms with Crippen LogP contribution in [0.2, 0.25) is 0 Å². The Morgan fingerprint density at radius 2 is 2.05 bits per heavy atom. The Balaban J connectivity index is 2.34. The van der Waals surface area contributed by atoms with Crippen molar-refractivity contribution in [1.29, 1.82) is 0 Å². The Hall–Kier alpha value is -2.12. The molecular formula is C11H12F3N5. The molecule has 0 atom stereocenters. The molecule has 0 radical (unpaired) electrons. The van der Waals surface area contributed by atoms with Crippen molar-refractivity contribution in [2.75, 3.05) is 5.73 Å². The topological polar surface area (TPSA) is 69.6 Å². The van der Waals surface area contributed by atoms with Crippen LogP contribution in [0, 0.1) is 6.92 Å². The van der Waals surface area contributed by atoms with E-state index in [1.807, 2.05) is 0 Å². The lowest BCUT2D eigenvalue weighted by Gasteiger charge is -2.10. The van der Waals surface area contributed by atoms with Crippen LogP contribution in [-0.4, -0.2) is 26.4 Å². The Morgan fingerprint density at radius 1 is 1.32 bits per heavy atom. The number of nitrogen functional groups attached to an aromatic ring is 1. The van der Waals surface area contributed by atoms with Crippen molar-refractivity contribution < 1.29 is 13.2 Å². The minimum absolute atomic E-state index is 0.250. The summed E-state index contributed by atoms with van der Waals surface area (Å²) in [6.07, 6.45) is -5.24. The first-order valence-corrected chi connectivity index (χ1v) is 5.57. The van der Waals surface area contributed by atoms with Gasteiger partial charge >= 0.3 is 6.18 Å². The smallest absolute Gasteiger partial charge is 0.390 e. The Bertz CT molecular complexity index is 556. The molecule has 0 amide bonds. The first-order valence-electron chi connectivity index (χ1n) is 5.57. The molecule has 0 fully saturated rings. The lowest BCUT2D eigenvalue weighted by atomic mass is 10.1. The molecule has 0 aliphatic rings. The van der Waals surface area contributed by atoms with Crippen molar-refractivity contribution in [1.82, 2.24) is 20.2 Å². The molecule has 102 valence electrons. The van der Waals surface area contributed by atoms with E-state index in [2.05, 4.69) is 15.5 Å². The normalized spacial score (nSPS) is 11.8. The predicted molar refractivity (Wildman–Crippen MR) is 63.1 cm³/mol. The molecule has 1 heterocycles. The number of nitrogens with two attached hydrogens (primary N) is 1. The molecule has 0 aliphatic heterocycles. The number of hydrogen-bond donors (Lipinski definition) is 1. The van der Waals surface area contributed by atoms with Crippen LogP contribution in [0.1, 0.15) is 12.0 Å². The van der Waals surface area contributed by atoms with Gasteiger partial charge in [-0.3, -0.25) is 0 Å². The van der Waals surface area contributed by atoms with Gasteiger partial charge in [-0.05, 0) is 29.0 Å². The Labute approximate surface area is 107 Å². The summed E-state index contributed by atoms with van der Waals surface area (Å²) < 4.78 is 37.8. The highest BCUT2D eigenvalue weighted by atomic mass is 19.4. The van der Waals surface area contributed by atoms with Gasteiger partial charge in [-0.2, -0.15) is 13.2 Å². The van der Waals surface area contributed by atoms with E-state index in [0.29, 0.717) is 11.3 Å². The predicted octanol–water partition coefficient (Wildman–Crippen LogP) is 2.18. The monoisotopic (exact) mass is 271 g/mol. The van der Waals surface area contributed by atoms with Gasteiger partial charge in [0.2, 0.25) is 0 Å². The molecule has 8 heteroatoms. The van der Waals surface area contributed by atoms with E-state index < -0.39 is 12.6 Å². The number of tetrazole rings is 1. The zero-order valence-electron chi connectivity index (χ0n) is 10.1. The number of aromatic nitrogens is 4. The van der Waals surface area contributed by atoms with Gasteiger partial charge in [0.25, 0.3) is 0 Å². The molecule has 0 bridgehead atoms. The van der Waals surface area contributed by atoms with Crippen molar-refractivity contribution in [2.45, 2.75) is 26.1 Å². The molecule has 0 aliphatic carbocycles. The van der Waals surface area contributed by atoms with Gasteiger partial charge in [0.1, 0.15) is 0 Å². The lowest BCUT2D eigenvalue weighted by molar-refractivity contribution is -0.137. The molecule has 0 saturated carbocycles. The van der Waals surface area contributed by atoms with Gasteiger partial charge in [-0.1, -0.05) is 12.1 Å². The second-order valence-electron chi connectivity index (χ2n) is 4.13. The van der Waals surface area contributed by atoms with E-state index in [-0.39, 0.29) is 12.4 Å². The number of anilines is 1. The molecule has 0 unspecified atom stereocenters. The third-order valence-corrected chi connectivity index (χ3v) is 2.67. The van der Waals surface area contributed by atoms with Crippen LogP contribution in [0.3, 0.4) is 0 Å². The highest BCUT2D eigenvalue weighted by molar-refractivity contribution is 5.74. The number of alkyl halides is 3. The second kappa shape index (κ2) is 4.87. The standard InChI is InChI=1S/C11H12F3N5/c1-7-3-2-4-8(15)9(7)10-16-17-18-19(10)6-5-11(12,13)14/h2-4H,5-6,15H2,1H3. The summed E-state index contributed by atoms with van der Waals surface area (Å²) >= 11 is 0. The molecular weight excluding hydrogens is 259 g/mol. The van der Waals surface area contributed by atoms with Gasteiger partial charge in [0, 0.05) is 11.3 Å². The molecule has 19 heavy (non-hydrogen) atoms. The number of aryl methyl sites for hydroxylation is 2. The van der Waals surface area contributed by atoms with Crippen LogP contribution in [0.25, 0.3) is 11.4 Å². The fourth-order valence-electron chi connectivity index (χ4n) is 1.76. The van der Waals surface area contributed by atoms with E-state index in [4.69, 9.17) is 5.73 Å². The third-order valence-electron chi connectivity index (χ3n) is 2.67. The molecule has 0 saturated heterocycles. The van der Waals surface area contributed by atoms with Crippen molar-refractivity contribution in [2.24, 2.45) is 0 Å². The van der Waals surface area contributed by atoms with Gasteiger partial charge in [-0.15, -0.1) is 5.10 Å². The lowest BCUT2D eigenvalue weighted by Crippen LogP contribution is -2.14. The van der Waals surface area contributed by atoms with Crippen molar-refractivity contribution in [3.05, 3.63) is 23.8 Å². The van der Waals surface area contributed by atoms with E-state index in [9.17, 15) is 13.2 Å². The fourth-order valence-corrected chi connectivity index (χ4v) is 1.76. The fraction of sp³-hybridized carbons (Fsp3) is 0.364. The number of hydrogen-bond acceptors (Lipinski definition) is 4. The Morgan fingerprint density at radius 3 is 2.68 bits per heavy atom. The number of benzene rings is 1. The van der Waals surface area contributed by atoms with E-state index in [1.165, 1.54) is 0 Å². The highest BCUT2D eigenvalue weighted by Gasteiger charge is 2.28. The van der Waals surface area contributed by atoms with E-state index in [0.717, 1.165) is 10.2 Å². The van der Waals surface area contributed by atoms with Crippen molar-refractivity contribution in [3.63, 3.8) is 0 Å². The van der Waals surface area contributed by atoms with Crippen LogP contribution in [0.15, 0.2) is 18.2 Å². The van der Waals surface area contributed by atoms with E-state index >= 15 is 0 Å². The Kier molecular flexibility index (Phi) is 3.41. The van der Waals surface area contributed by atoms with Crippen LogP contribution in [0.5, 0.6) is 0 Å².